The van der Waals surface area contributed by atoms with Gasteiger partial charge in [0.25, 0.3) is 10.0 Å². The zero-order valence-corrected chi connectivity index (χ0v) is 13.8. The Kier molecular flexibility index (Phi) is 6.64. The third-order valence-corrected chi connectivity index (χ3v) is 3.91. The first-order valence-electron chi connectivity index (χ1n) is 6.56. The lowest BCUT2D eigenvalue weighted by Crippen LogP contribution is -2.30. The second kappa shape index (κ2) is 8.22. The van der Waals surface area contributed by atoms with Gasteiger partial charge < -0.3 is 4.74 Å². The number of carbonyl (C=O) groups excluding carboxylic acids is 2. The molecule has 9 nitrogen and oxygen atoms in total. The molecule has 0 aliphatic heterocycles. The maximum atomic E-state index is 12.0. The van der Waals surface area contributed by atoms with Gasteiger partial charge in [-0.1, -0.05) is 5.22 Å². The first-order chi connectivity index (χ1) is 10.7. The molecule has 0 heterocycles. The number of ether oxygens (including phenoxy) is 1. The Morgan fingerprint density at radius 1 is 1.17 bits per heavy atom. The lowest BCUT2D eigenvalue weighted by Gasteiger charge is -2.07. The molecule has 0 aliphatic rings. The molecule has 126 valence electrons. The van der Waals surface area contributed by atoms with E-state index in [4.69, 9.17) is 0 Å². The summed E-state index contributed by atoms with van der Waals surface area (Å²) < 4.78 is 30.3. The lowest BCUT2D eigenvalue weighted by atomic mass is 10.3. The molecular formula is C13H18N4O5S. The number of hydrogen-bond acceptors (Lipinski definition) is 7. The van der Waals surface area contributed by atoms with Crippen molar-refractivity contribution in [3.63, 3.8) is 0 Å². The number of amides is 1. The van der Waals surface area contributed by atoms with E-state index in [1.54, 1.807) is 14.1 Å². The zero-order chi connectivity index (χ0) is 17.5. The highest BCUT2D eigenvalue weighted by Crippen LogP contribution is 2.17. The predicted octanol–water partition coefficient (Wildman–Crippen LogP) is 1.00. The highest BCUT2D eigenvalue weighted by molar-refractivity contribution is 7.90. The summed E-state index contributed by atoms with van der Waals surface area (Å²) >= 11 is 0. The minimum absolute atomic E-state index is 0.0901. The number of benzene rings is 1. The molecule has 23 heavy (non-hydrogen) atoms. The molecule has 1 rings (SSSR count). The van der Waals surface area contributed by atoms with E-state index in [0.717, 1.165) is 0 Å². The molecule has 0 fully saturated rings. The minimum Gasteiger partial charge on any atom is -0.469 e. The van der Waals surface area contributed by atoms with Gasteiger partial charge in [0.1, 0.15) is 0 Å². The van der Waals surface area contributed by atoms with Gasteiger partial charge in [-0.2, -0.15) is 0 Å². The van der Waals surface area contributed by atoms with Gasteiger partial charge in [0, 0.05) is 20.5 Å². The summed E-state index contributed by atoms with van der Waals surface area (Å²) in [6.07, 6.45) is -0.469. The van der Waals surface area contributed by atoms with Crippen molar-refractivity contribution in [1.82, 2.24) is 9.73 Å². The van der Waals surface area contributed by atoms with Crippen LogP contribution in [0.1, 0.15) is 12.8 Å². The van der Waals surface area contributed by atoms with Crippen molar-refractivity contribution in [1.29, 1.82) is 0 Å². The fourth-order valence-electron chi connectivity index (χ4n) is 1.41. The quantitative estimate of drug-likeness (QED) is 0.449. The Balaban J connectivity index is 2.72. The van der Waals surface area contributed by atoms with E-state index in [9.17, 15) is 18.0 Å². The van der Waals surface area contributed by atoms with Crippen LogP contribution in [0.15, 0.2) is 39.5 Å². The topological polar surface area (TPSA) is 117 Å². The summed E-state index contributed by atoms with van der Waals surface area (Å²) in [6.45, 7) is 0. The lowest BCUT2D eigenvalue weighted by molar-refractivity contribution is -0.142. The van der Waals surface area contributed by atoms with Crippen LogP contribution in [0.5, 0.6) is 0 Å². The molecule has 1 amide bonds. The van der Waals surface area contributed by atoms with Crippen LogP contribution in [0.4, 0.5) is 5.69 Å². The molecule has 0 aromatic heterocycles. The van der Waals surface area contributed by atoms with Crippen molar-refractivity contribution in [2.75, 3.05) is 21.2 Å². The maximum Gasteiger partial charge on any atom is 0.306 e. The molecule has 0 radical (unpaired) electrons. The second-order valence-electron chi connectivity index (χ2n) is 4.64. The first kappa shape index (κ1) is 18.6. The summed E-state index contributed by atoms with van der Waals surface area (Å²) in [4.78, 5) is 22.4. The molecule has 0 saturated heterocycles. The molecule has 1 N–H and O–H groups in total. The normalized spacial score (nSPS) is 11.3. The fourth-order valence-corrected chi connectivity index (χ4v) is 2.42. The monoisotopic (exact) mass is 342 g/mol. The van der Waals surface area contributed by atoms with E-state index in [1.165, 1.54) is 36.4 Å². The van der Waals surface area contributed by atoms with E-state index in [0.29, 0.717) is 5.69 Å². The van der Waals surface area contributed by atoms with Crippen LogP contribution < -0.4 is 4.72 Å². The molecule has 0 aliphatic carbocycles. The number of nitrogens with zero attached hydrogens (tertiary/aromatic N) is 3. The highest BCUT2D eigenvalue weighted by atomic mass is 32.2. The van der Waals surface area contributed by atoms with Gasteiger partial charge >= 0.3 is 5.97 Å². The van der Waals surface area contributed by atoms with Crippen molar-refractivity contribution < 1.29 is 22.7 Å². The Morgan fingerprint density at radius 2 is 1.78 bits per heavy atom. The number of nitrogens with one attached hydrogen (secondary N) is 1. The van der Waals surface area contributed by atoms with Crippen molar-refractivity contribution >= 4 is 27.6 Å². The van der Waals surface area contributed by atoms with E-state index in [-0.39, 0.29) is 17.7 Å². The van der Waals surface area contributed by atoms with E-state index >= 15 is 0 Å². The van der Waals surface area contributed by atoms with Gasteiger partial charge in [0.05, 0.1) is 24.1 Å². The van der Waals surface area contributed by atoms with Crippen molar-refractivity contribution in [2.45, 2.75) is 17.7 Å². The van der Waals surface area contributed by atoms with Crippen molar-refractivity contribution in [3.05, 3.63) is 24.3 Å². The number of sulfonamides is 1. The average Bonchev–Trinajstić information content (AvgIpc) is 2.50. The average molecular weight is 342 g/mol. The van der Waals surface area contributed by atoms with Gasteiger partial charge in [-0.05, 0) is 24.3 Å². The number of carbonyl (C=O) groups is 2. The van der Waals surface area contributed by atoms with Gasteiger partial charge in [0.15, 0.2) is 0 Å². The standard InChI is InChI=1S/C13H18N4O5S/c1-17(2)16-14-10-4-6-11(7-5-10)23(20,21)15-12(18)8-9-13(19)22-3/h4-7H,8-9H2,1-3H3,(H,15,18). The third-order valence-electron chi connectivity index (χ3n) is 2.52. The second-order valence-corrected chi connectivity index (χ2v) is 6.32. The number of hydrogen-bond donors (Lipinski definition) is 1. The predicted molar refractivity (Wildman–Crippen MR) is 81.2 cm³/mol. The molecule has 1 aromatic carbocycles. The SMILES string of the molecule is COC(=O)CCC(=O)NS(=O)(=O)c1ccc(N=NN(C)C)cc1. The molecule has 10 heteroatoms. The van der Waals surface area contributed by atoms with Crippen molar-refractivity contribution in [3.8, 4) is 0 Å². The van der Waals surface area contributed by atoms with Crippen LogP contribution in [0.2, 0.25) is 0 Å². The van der Waals surface area contributed by atoms with Crippen LogP contribution in [0, 0.1) is 0 Å². The number of rotatable bonds is 7. The fraction of sp³-hybridized carbons (Fsp3) is 0.385. The molecule has 1 aromatic rings. The summed E-state index contributed by atoms with van der Waals surface area (Å²) in [6, 6.07) is 5.53. The van der Waals surface area contributed by atoms with Crippen LogP contribution in [0.25, 0.3) is 0 Å². The Bertz CT molecular complexity index is 683. The molecule has 0 bridgehead atoms. The Hall–Kier alpha value is -2.49. The first-order valence-corrected chi connectivity index (χ1v) is 8.04. The van der Waals surface area contributed by atoms with Gasteiger partial charge in [-0.15, -0.1) is 5.11 Å². The minimum atomic E-state index is -4.00. The summed E-state index contributed by atoms with van der Waals surface area (Å²) in [7, 11) is 0.591. The van der Waals surface area contributed by atoms with Crippen LogP contribution in [-0.4, -0.2) is 46.5 Å². The van der Waals surface area contributed by atoms with E-state index in [1.807, 2.05) is 4.72 Å². The van der Waals surface area contributed by atoms with E-state index < -0.39 is 21.9 Å². The van der Waals surface area contributed by atoms with Gasteiger partial charge in [-0.25, -0.2) is 13.1 Å². The summed E-state index contributed by atoms with van der Waals surface area (Å²) in [5, 5.41) is 9.14. The smallest absolute Gasteiger partial charge is 0.306 e. The Morgan fingerprint density at radius 3 is 2.30 bits per heavy atom. The number of esters is 1. The van der Waals surface area contributed by atoms with Crippen molar-refractivity contribution in [2.24, 2.45) is 10.3 Å². The van der Waals surface area contributed by atoms with Crippen LogP contribution in [-0.2, 0) is 24.3 Å². The molecular weight excluding hydrogens is 324 g/mol. The molecule has 0 atom stereocenters. The van der Waals surface area contributed by atoms with Crippen LogP contribution in [0.3, 0.4) is 0 Å². The molecule has 0 spiro atoms. The summed E-state index contributed by atoms with van der Waals surface area (Å²) in [5.74, 6) is -1.38. The molecule has 0 saturated carbocycles. The largest absolute Gasteiger partial charge is 0.469 e. The zero-order valence-electron chi connectivity index (χ0n) is 13.0. The Labute approximate surface area is 134 Å². The van der Waals surface area contributed by atoms with E-state index in [2.05, 4.69) is 15.1 Å². The highest BCUT2D eigenvalue weighted by Gasteiger charge is 2.18. The van der Waals surface area contributed by atoms with Gasteiger partial charge in [-0.3, -0.25) is 14.6 Å². The maximum absolute atomic E-state index is 12.0. The molecule has 0 unspecified atom stereocenters. The van der Waals surface area contributed by atoms with Crippen LogP contribution >= 0.6 is 0 Å². The third kappa shape index (κ3) is 6.43. The summed E-state index contributed by atoms with van der Waals surface area (Å²) in [5.41, 5.74) is 0.467. The number of methoxy groups -OCH3 is 1. The van der Waals surface area contributed by atoms with Gasteiger partial charge in [0.2, 0.25) is 5.91 Å².